The Hall–Kier alpha value is -2.38. The first-order chi connectivity index (χ1) is 9.49. The maximum atomic E-state index is 11.4. The van der Waals surface area contributed by atoms with Crippen LogP contribution in [0.5, 0.6) is 0 Å². The third-order valence-electron chi connectivity index (χ3n) is 2.67. The Morgan fingerprint density at radius 3 is 2.75 bits per heavy atom. The highest BCUT2D eigenvalue weighted by molar-refractivity contribution is 5.94. The molecule has 8 heteroatoms. The summed E-state index contributed by atoms with van der Waals surface area (Å²) >= 11 is 0. The van der Waals surface area contributed by atoms with Crippen LogP contribution in [0.1, 0.15) is 19.3 Å². The lowest BCUT2D eigenvalue weighted by Gasteiger charge is -2.22. The number of aliphatic carboxylic acids is 1. The number of rotatable bonds is 7. The van der Waals surface area contributed by atoms with Crippen molar-refractivity contribution in [3.05, 3.63) is 12.2 Å². The van der Waals surface area contributed by atoms with Crippen molar-refractivity contribution in [1.29, 1.82) is 0 Å². The van der Waals surface area contributed by atoms with E-state index in [0.29, 0.717) is 25.8 Å². The number of hydrogen-bond acceptors (Lipinski definition) is 4. The van der Waals surface area contributed by atoms with Gasteiger partial charge in [0.1, 0.15) is 6.04 Å². The van der Waals surface area contributed by atoms with E-state index in [1.165, 1.54) is 0 Å². The molecule has 1 aliphatic heterocycles. The molecule has 3 amide bonds. The van der Waals surface area contributed by atoms with E-state index in [0.717, 1.165) is 12.2 Å². The molecule has 0 spiro atoms. The molecule has 8 nitrogen and oxygen atoms in total. The van der Waals surface area contributed by atoms with Gasteiger partial charge in [-0.25, -0.2) is 4.79 Å². The van der Waals surface area contributed by atoms with E-state index in [4.69, 9.17) is 5.11 Å². The summed E-state index contributed by atoms with van der Waals surface area (Å²) in [6, 6.07) is -0.515. The average Bonchev–Trinajstić information content (AvgIpc) is 2.39. The van der Waals surface area contributed by atoms with Gasteiger partial charge in [0.15, 0.2) is 0 Å². The van der Waals surface area contributed by atoms with Crippen molar-refractivity contribution in [3.8, 4) is 0 Å². The van der Waals surface area contributed by atoms with E-state index in [9.17, 15) is 19.2 Å². The van der Waals surface area contributed by atoms with Crippen molar-refractivity contribution in [1.82, 2.24) is 16.0 Å². The topological polar surface area (TPSA) is 125 Å². The van der Waals surface area contributed by atoms with Crippen molar-refractivity contribution >= 4 is 23.7 Å². The molecular weight excluding hydrogens is 266 g/mol. The SMILES string of the molecule is O=C(O)/C=C/C(=O)NCCCCC1NC(=O)CNC1=O. The van der Waals surface area contributed by atoms with E-state index in [1.54, 1.807) is 0 Å². The van der Waals surface area contributed by atoms with Gasteiger partial charge >= 0.3 is 5.97 Å². The maximum Gasteiger partial charge on any atom is 0.328 e. The zero-order chi connectivity index (χ0) is 15.0. The summed E-state index contributed by atoms with van der Waals surface area (Å²) in [6.07, 6.45) is 3.49. The third kappa shape index (κ3) is 5.98. The summed E-state index contributed by atoms with van der Waals surface area (Å²) in [5.41, 5.74) is 0. The summed E-state index contributed by atoms with van der Waals surface area (Å²) in [5.74, 6) is -2.06. The van der Waals surface area contributed by atoms with E-state index in [1.807, 2.05) is 0 Å². The van der Waals surface area contributed by atoms with Crippen LogP contribution in [0.15, 0.2) is 12.2 Å². The van der Waals surface area contributed by atoms with Gasteiger partial charge < -0.3 is 21.1 Å². The molecule has 1 rings (SSSR count). The molecule has 0 aromatic heterocycles. The summed E-state index contributed by atoms with van der Waals surface area (Å²) < 4.78 is 0. The number of nitrogens with one attached hydrogen (secondary N) is 3. The van der Waals surface area contributed by atoms with E-state index < -0.39 is 17.9 Å². The van der Waals surface area contributed by atoms with Gasteiger partial charge in [-0.1, -0.05) is 0 Å². The van der Waals surface area contributed by atoms with Crippen LogP contribution in [-0.2, 0) is 19.2 Å². The lowest BCUT2D eigenvalue weighted by molar-refractivity contribution is -0.133. The smallest absolute Gasteiger partial charge is 0.328 e. The Kier molecular flexibility index (Phi) is 6.21. The minimum absolute atomic E-state index is 0.0152. The Labute approximate surface area is 115 Å². The van der Waals surface area contributed by atoms with Crippen LogP contribution in [0.4, 0.5) is 0 Å². The van der Waals surface area contributed by atoms with Gasteiger partial charge in [-0.3, -0.25) is 14.4 Å². The third-order valence-corrected chi connectivity index (χ3v) is 2.67. The van der Waals surface area contributed by atoms with E-state index >= 15 is 0 Å². The second-order valence-corrected chi connectivity index (χ2v) is 4.30. The van der Waals surface area contributed by atoms with Gasteiger partial charge in [-0.2, -0.15) is 0 Å². The standard InChI is InChI=1S/C12H17N3O5/c16-9(4-5-11(18)19)13-6-2-1-3-8-12(20)14-7-10(17)15-8/h4-5,8H,1-3,6-7H2,(H,13,16)(H,14,20)(H,15,17)(H,18,19)/b5-4+. The highest BCUT2D eigenvalue weighted by atomic mass is 16.4. The first-order valence-corrected chi connectivity index (χ1v) is 6.25. The van der Waals surface area contributed by atoms with Crippen LogP contribution in [-0.4, -0.2) is 47.9 Å². The van der Waals surface area contributed by atoms with E-state index in [2.05, 4.69) is 16.0 Å². The van der Waals surface area contributed by atoms with Gasteiger partial charge in [-0.05, 0) is 19.3 Å². The molecule has 0 aromatic carbocycles. The molecule has 1 fully saturated rings. The van der Waals surface area contributed by atoms with Crippen LogP contribution < -0.4 is 16.0 Å². The Morgan fingerprint density at radius 2 is 2.05 bits per heavy atom. The summed E-state index contributed by atoms with van der Waals surface area (Å²) in [5, 5.41) is 15.9. The lowest BCUT2D eigenvalue weighted by atomic mass is 10.1. The number of carboxylic acid groups (broad SMARTS) is 1. The van der Waals surface area contributed by atoms with Crippen molar-refractivity contribution < 1.29 is 24.3 Å². The molecule has 0 radical (unpaired) electrons. The molecule has 1 unspecified atom stereocenters. The van der Waals surface area contributed by atoms with Crippen LogP contribution in [0.25, 0.3) is 0 Å². The second kappa shape index (κ2) is 7.93. The average molecular weight is 283 g/mol. The van der Waals surface area contributed by atoms with Crippen LogP contribution >= 0.6 is 0 Å². The molecule has 20 heavy (non-hydrogen) atoms. The fourth-order valence-electron chi connectivity index (χ4n) is 1.70. The van der Waals surface area contributed by atoms with E-state index in [-0.39, 0.29) is 18.4 Å². The Balaban J connectivity index is 2.12. The number of unbranched alkanes of at least 4 members (excludes halogenated alkanes) is 1. The monoisotopic (exact) mass is 283 g/mol. The van der Waals surface area contributed by atoms with Crippen LogP contribution in [0.3, 0.4) is 0 Å². The predicted octanol–water partition coefficient (Wildman–Crippen LogP) is -1.47. The molecule has 0 bridgehead atoms. The second-order valence-electron chi connectivity index (χ2n) is 4.30. The fourth-order valence-corrected chi connectivity index (χ4v) is 1.70. The largest absolute Gasteiger partial charge is 0.478 e. The molecule has 110 valence electrons. The molecular formula is C12H17N3O5. The summed E-state index contributed by atoms with van der Waals surface area (Å²) in [7, 11) is 0. The molecule has 1 aliphatic rings. The van der Waals surface area contributed by atoms with Gasteiger partial charge in [0.2, 0.25) is 17.7 Å². The molecule has 4 N–H and O–H groups in total. The molecule has 1 heterocycles. The minimum Gasteiger partial charge on any atom is -0.478 e. The minimum atomic E-state index is -1.18. The first-order valence-electron chi connectivity index (χ1n) is 6.25. The number of amides is 3. The van der Waals surface area contributed by atoms with Gasteiger partial charge in [0, 0.05) is 18.7 Å². The molecule has 0 aliphatic carbocycles. The normalized spacial score (nSPS) is 18.5. The van der Waals surface area contributed by atoms with Gasteiger partial charge in [-0.15, -0.1) is 0 Å². The maximum absolute atomic E-state index is 11.4. The fraction of sp³-hybridized carbons (Fsp3) is 0.500. The van der Waals surface area contributed by atoms with Gasteiger partial charge in [0.25, 0.3) is 0 Å². The molecule has 1 atom stereocenters. The van der Waals surface area contributed by atoms with Crippen molar-refractivity contribution in [2.75, 3.05) is 13.1 Å². The Bertz CT molecular complexity index is 433. The highest BCUT2D eigenvalue weighted by Crippen LogP contribution is 2.03. The predicted molar refractivity (Wildman–Crippen MR) is 68.6 cm³/mol. The van der Waals surface area contributed by atoms with Gasteiger partial charge in [0.05, 0.1) is 6.54 Å². The first kappa shape index (κ1) is 15.7. The van der Waals surface area contributed by atoms with Crippen LogP contribution in [0, 0.1) is 0 Å². The Morgan fingerprint density at radius 1 is 1.30 bits per heavy atom. The number of hydrogen-bond donors (Lipinski definition) is 4. The molecule has 1 saturated heterocycles. The molecule has 0 aromatic rings. The zero-order valence-corrected chi connectivity index (χ0v) is 10.8. The number of carboxylic acids is 1. The van der Waals surface area contributed by atoms with Crippen molar-refractivity contribution in [2.24, 2.45) is 0 Å². The lowest BCUT2D eigenvalue weighted by Crippen LogP contribution is -2.56. The number of piperazine rings is 1. The molecule has 0 saturated carbocycles. The highest BCUT2D eigenvalue weighted by Gasteiger charge is 2.24. The number of carbonyl (C=O) groups is 4. The summed E-state index contributed by atoms with van der Waals surface area (Å²) in [6.45, 7) is 0.395. The quantitative estimate of drug-likeness (QED) is 0.335. The zero-order valence-electron chi connectivity index (χ0n) is 10.8. The van der Waals surface area contributed by atoms with Crippen molar-refractivity contribution in [3.63, 3.8) is 0 Å². The van der Waals surface area contributed by atoms with Crippen molar-refractivity contribution in [2.45, 2.75) is 25.3 Å². The number of carbonyl (C=O) groups excluding carboxylic acids is 3. The summed E-state index contributed by atoms with van der Waals surface area (Å²) in [4.78, 5) is 43.8. The van der Waals surface area contributed by atoms with Crippen LogP contribution in [0.2, 0.25) is 0 Å².